The molecule has 0 atom stereocenters. The van der Waals surface area contributed by atoms with Crippen LogP contribution < -0.4 is 5.73 Å². The summed E-state index contributed by atoms with van der Waals surface area (Å²) in [6.07, 6.45) is 2.37. The topological polar surface area (TPSA) is 46.2 Å². The third kappa shape index (κ3) is 1.30. The van der Waals surface area contributed by atoms with E-state index in [1.807, 2.05) is 24.3 Å². The molecule has 2 aromatic rings. The lowest BCUT2D eigenvalue weighted by Gasteiger charge is -2.15. The van der Waals surface area contributed by atoms with Gasteiger partial charge in [0.25, 0.3) is 0 Å². The molecule has 1 saturated carbocycles. The van der Waals surface area contributed by atoms with Crippen molar-refractivity contribution in [1.29, 1.82) is 0 Å². The lowest BCUT2D eigenvalue weighted by molar-refractivity contribution is 0.476. The maximum Gasteiger partial charge on any atom is 0.116 e. The zero-order chi connectivity index (χ0) is 11.2. The number of fused-ring (bicyclic) bond motifs is 1. The number of hydrogen-bond acceptors (Lipinski definition) is 2. The number of benzene rings is 2. The van der Waals surface area contributed by atoms with Crippen LogP contribution in [0.1, 0.15) is 18.4 Å². The van der Waals surface area contributed by atoms with Crippen molar-refractivity contribution in [2.75, 3.05) is 6.54 Å². The lowest BCUT2D eigenvalue weighted by atomic mass is 9.91. The van der Waals surface area contributed by atoms with Crippen molar-refractivity contribution in [1.82, 2.24) is 0 Å². The molecule has 16 heavy (non-hydrogen) atoms. The van der Waals surface area contributed by atoms with Crippen LogP contribution in [0.4, 0.5) is 0 Å². The van der Waals surface area contributed by atoms with Crippen LogP contribution in [0, 0.1) is 0 Å². The van der Waals surface area contributed by atoms with Gasteiger partial charge in [-0.05, 0) is 41.3 Å². The Kier molecular flexibility index (Phi) is 1.95. The monoisotopic (exact) mass is 213 g/mol. The van der Waals surface area contributed by atoms with Gasteiger partial charge in [0.2, 0.25) is 0 Å². The Balaban J connectivity index is 2.26. The maximum atomic E-state index is 9.47. The van der Waals surface area contributed by atoms with E-state index in [1.165, 1.54) is 23.8 Å². The van der Waals surface area contributed by atoms with E-state index in [4.69, 9.17) is 5.73 Å². The molecule has 3 N–H and O–H groups in total. The molecule has 2 nitrogen and oxygen atoms in total. The number of nitrogens with two attached hydrogens (primary N) is 1. The second-order valence-corrected chi connectivity index (χ2v) is 4.70. The molecule has 0 radical (unpaired) electrons. The minimum Gasteiger partial charge on any atom is -0.508 e. The third-order valence-corrected chi connectivity index (χ3v) is 3.68. The number of aromatic hydroxyl groups is 1. The quantitative estimate of drug-likeness (QED) is 0.805. The van der Waals surface area contributed by atoms with E-state index in [2.05, 4.69) is 6.07 Å². The standard InChI is InChI=1S/C14H15NO/c15-9-14(6-7-14)13-3-1-2-10-8-11(16)4-5-12(10)13/h1-5,8,16H,6-7,9,15H2. The SMILES string of the molecule is NCC1(c2cccc3cc(O)ccc23)CC1. The maximum absolute atomic E-state index is 9.47. The Labute approximate surface area is 94.7 Å². The van der Waals surface area contributed by atoms with Gasteiger partial charge < -0.3 is 10.8 Å². The molecule has 0 aliphatic heterocycles. The van der Waals surface area contributed by atoms with Crippen molar-refractivity contribution in [3.8, 4) is 5.75 Å². The second kappa shape index (κ2) is 3.22. The van der Waals surface area contributed by atoms with E-state index in [0.29, 0.717) is 12.3 Å². The molecule has 2 heteroatoms. The van der Waals surface area contributed by atoms with Gasteiger partial charge in [0, 0.05) is 12.0 Å². The summed E-state index contributed by atoms with van der Waals surface area (Å²) in [5.41, 5.74) is 7.42. The van der Waals surface area contributed by atoms with Crippen LogP contribution in [-0.2, 0) is 5.41 Å². The van der Waals surface area contributed by atoms with Gasteiger partial charge in [-0.25, -0.2) is 0 Å². The summed E-state index contributed by atoms with van der Waals surface area (Å²) >= 11 is 0. The predicted octanol–water partition coefficient (Wildman–Crippen LogP) is 2.54. The molecule has 0 unspecified atom stereocenters. The van der Waals surface area contributed by atoms with Gasteiger partial charge in [-0.15, -0.1) is 0 Å². The van der Waals surface area contributed by atoms with E-state index >= 15 is 0 Å². The first-order valence-electron chi connectivity index (χ1n) is 5.67. The average Bonchev–Trinajstić information content (AvgIpc) is 3.08. The summed E-state index contributed by atoms with van der Waals surface area (Å²) in [6.45, 7) is 0.715. The average molecular weight is 213 g/mol. The molecule has 3 rings (SSSR count). The molecule has 0 aromatic heterocycles. The molecule has 0 saturated heterocycles. The Hall–Kier alpha value is -1.54. The van der Waals surface area contributed by atoms with Crippen LogP contribution in [0.25, 0.3) is 10.8 Å². The van der Waals surface area contributed by atoms with Crippen LogP contribution in [-0.4, -0.2) is 11.7 Å². The van der Waals surface area contributed by atoms with E-state index in [-0.39, 0.29) is 5.41 Å². The summed E-state index contributed by atoms with van der Waals surface area (Å²) in [6, 6.07) is 11.8. The molecule has 82 valence electrons. The number of hydrogen-bond donors (Lipinski definition) is 2. The van der Waals surface area contributed by atoms with Crippen LogP contribution in [0.5, 0.6) is 5.75 Å². The fourth-order valence-electron chi connectivity index (χ4n) is 2.47. The van der Waals surface area contributed by atoms with Gasteiger partial charge in [-0.1, -0.05) is 24.3 Å². The highest BCUT2D eigenvalue weighted by Gasteiger charge is 2.43. The molecule has 2 aromatic carbocycles. The zero-order valence-electron chi connectivity index (χ0n) is 9.11. The normalized spacial score (nSPS) is 17.6. The van der Waals surface area contributed by atoms with E-state index in [1.54, 1.807) is 6.07 Å². The first-order chi connectivity index (χ1) is 7.75. The molecule has 0 spiro atoms. The van der Waals surface area contributed by atoms with Gasteiger partial charge in [0.1, 0.15) is 5.75 Å². The highest BCUT2D eigenvalue weighted by atomic mass is 16.3. The summed E-state index contributed by atoms with van der Waals surface area (Å²) < 4.78 is 0. The zero-order valence-corrected chi connectivity index (χ0v) is 9.11. The van der Waals surface area contributed by atoms with Gasteiger partial charge >= 0.3 is 0 Å². The van der Waals surface area contributed by atoms with Crippen molar-refractivity contribution in [2.24, 2.45) is 5.73 Å². The van der Waals surface area contributed by atoms with Gasteiger partial charge in [0.15, 0.2) is 0 Å². The predicted molar refractivity (Wildman–Crippen MR) is 65.6 cm³/mol. The molecular formula is C14H15NO. The van der Waals surface area contributed by atoms with Crippen molar-refractivity contribution in [3.63, 3.8) is 0 Å². The van der Waals surface area contributed by atoms with E-state index < -0.39 is 0 Å². The van der Waals surface area contributed by atoms with Crippen LogP contribution in [0.15, 0.2) is 36.4 Å². The van der Waals surface area contributed by atoms with Gasteiger partial charge in [0.05, 0.1) is 0 Å². The molecule has 1 fully saturated rings. The number of rotatable bonds is 2. The third-order valence-electron chi connectivity index (χ3n) is 3.68. The Bertz CT molecular complexity index is 543. The number of phenolic OH excluding ortho intramolecular Hbond substituents is 1. The van der Waals surface area contributed by atoms with Crippen molar-refractivity contribution in [2.45, 2.75) is 18.3 Å². The summed E-state index contributed by atoms with van der Waals surface area (Å²) in [5, 5.41) is 11.8. The smallest absolute Gasteiger partial charge is 0.116 e. The van der Waals surface area contributed by atoms with Crippen molar-refractivity contribution < 1.29 is 5.11 Å². The van der Waals surface area contributed by atoms with Crippen LogP contribution in [0.3, 0.4) is 0 Å². The summed E-state index contributed by atoms with van der Waals surface area (Å²) in [4.78, 5) is 0. The highest BCUT2D eigenvalue weighted by molar-refractivity contribution is 5.88. The molecule has 0 heterocycles. The lowest BCUT2D eigenvalue weighted by Crippen LogP contribution is -2.19. The molecule has 0 bridgehead atoms. The van der Waals surface area contributed by atoms with Crippen LogP contribution >= 0.6 is 0 Å². The van der Waals surface area contributed by atoms with Gasteiger partial charge in [-0.2, -0.15) is 0 Å². The van der Waals surface area contributed by atoms with E-state index in [0.717, 1.165) is 5.39 Å². The molecular weight excluding hydrogens is 198 g/mol. The van der Waals surface area contributed by atoms with Crippen molar-refractivity contribution in [3.05, 3.63) is 42.0 Å². The van der Waals surface area contributed by atoms with E-state index in [9.17, 15) is 5.11 Å². The number of phenols is 1. The first-order valence-corrected chi connectivity index (χ1v) is 5.67. The van der Waals surface area contributed by atoms with Gasteiger partial charge in [-0.3, -0.25) is 0 Å². The Morgan fingerprint density at radius 2 is 2.00 bits per heavy atom. The molecule has 1 aliphatic carbocycles. The largest absolute Gasteiger partial charge is 0.508 e. The molecule has 1 aliphatic rings. The fraction of sp³-hybridized carbons (Fsp3) is 0.286. The minimum atomic E-state index is 0.205. The first kappa shape index (κ1) is 9.67. The van der Waals surface area contributed by atoms with Crippen molar-refractivity contribution >= 4 is 10.8 Å². The second-order valence-electron chi connectivity index (χ2n) is 4.70. The molecule has 0 amide bonds. The summed E-state index contributed by atoms with van der Waals surface area (Å²) in [5.74, 6) is 0.322. The highest BCUT2D eigenvalue weighted by Crippen LogP contribution is 2.49. The summed E-state index contributed by atoms with van der Waals surface area (Å²) in [7, 11) is 0. The Morgan fingerprint density at radius 3 is 2.69 bits per heavy atom. The minimum absolute atomic E-state index is 0.205. The van der Waals surface area contributed by atoms with Crippen LogP contribution in [0.2, 0.25) is 0 Å². The Morgan fingerprint density at radius 1 is 1.19 bits per heavy atom. The fourth-order valence-corrected chi connectivity index (χ4v) is 2.47.